The van der Waals surface area contributed by atoms with Crippen LogP contribution in [0.1, 0.15) is 45.4 Å². The molecule has 1 unspecified atom stereocenters. The van der Waals surface area contributed by atoms with E-state index in [-0.39, 0.29) is 0 Å². The molecular formula is C15H28N2O2. The van der Waals surface area contributed by atoms with Gasteiger partial charge in [0.25, 0.3) is 0 Å². The maximum Gasteiger partial charge on any atom is 0.222 e. The molecule has 110 valence electrons. The minimum Gasteiger partial charge on any atom is -0.378 e. The fraction of sp³-hybridized carbons (Fsp3) is 0.933. The zero-order valence-electron chi connectivity index (χ0n) is 12.4. The molecule has 2 fully saturated rings. The number of likely N-dealkylation sites (N-methyl/N-ethyl adjacent to an activating group) is 1. The van der Waals surface area contributed by atoms with Crippen LogP contribution >= 0.6 is 0 Å². The van der Waals surface area contributed by atoms with E-state index in [0.29, 0.717) is 30.4 Å². The number of rotatable bonds is 6. The van der Waals surface area contributed by atoms with Gasteiger partial charge in [-0.2, -0.15) is 0 Å². The number of hydrogen-bond acceptors (Lipinski definition) is 3. The van der Waals surface area contributed by atoms with Gasteiger partial charge in [0, 0.05) is 32.7 Å². The van der Waals surface area contributed by atoms with Crippen molar-refractivity contribution in [2.45, 2.75) is 57.6 Å². The standard InChI is InChI=1S/C15H28N2O2/c1-3-19-14-8-12(9-14)10-15(18)17(2)11-13-6-4-5-7-16-13/h12-14,16H,3-11H2,1-2H3. The number of nitrogens with zero attached hydrogens (tertiary/aromatic N) is 1. The van der Waals surface area contributed by atoms with Crippen molar-refractivity contribution in [3.05, 3.63) is 0 Å². The van der Waals surface area contributed by atoms with Crippen molar-refractivity contribution in [3.63, 3.8) is 0 Å². The average Bonchev–Trinajstić information content (AvgIpc) is 2.37. The molecule has 1 amide bonds. The molecule has 0 bridgehead atoms. The molecule has 1 aliphatic carbocycles. The van der Waals surface area contributed by atoms with Gasteiger partial charge in [-0.25, -0.2) is 0 Å². The van der Waals surface area contributed by atoms with E-state index in [9.17, 15) is 4.79 Å². The monoisotopic (exact) mass is 268 g/mol. The van der Waals surface area contributed by atoms with Gasteiger partial charge < -0.3 is 15.0 Å². The third kappa shape index (κ3) is 4.46. The summed E-state index contributed by atoms with van der Waals surface area (Å²) in [5, 5.41) is 3.50. The van der Waals surface area contributed by atoms with Crippen molar-refractivity contribution in [1.29, 1.82) is 0 Å². The van der Waals surface area contributed by atoms with Crippen LogP contribution in [0.5, 0.6) is 0 Å². The maximum absolute atomic E-state index is 12.1. The van der Waals surface area contributed by atoms with Crippen molar-refractivity contribution >= 4 is 5.91 Å². The van der Waals surface area contributed by atoms with E-state index in [4.69, 9.17) is 4.74 Å². The minimum atomic E-state index is 0.298. The molecule has 4 nitrogen and oxygen atoms in total. The fourth-order valence-corrected chi connectivity index (χ4v) is 3.13. The first kappa shape index (κ1) is 14.8. The Morgan fingerprint density at radius 3 is 2.79 bits per heavy atom. The van der Waals surface area contributed by atoms with E-state index >= 15 is 0 Å². The first-order valence-corrected chi connectivity index (χ1v) is 7.78. The molecule has 2 rings (SSSR count). The van der Waals surface area contributed by atoms with Crippen LogP contribution in [-0.2, 0) is 9.53 Å². The number of carbonyl (C=O) groups is 1. The van der Waals surface area contributed by atoms with Gasteiger partial charge in [-0.15, -0.1) is 0 Å². The lowest BCUT2D eigenvalue weighted by molar-refractivity contribution is -0.133. The highest BCUT2D eigenvalue weighted by Crippen LogP contribution is 2.33. The molecule has 0 spiro atoms. The topological polar surface area (TPSA) is 41.6 Å². The second-order valence-corrected chi connectivity index (χ2v) is 6.04. The van der Waals surface area contributed by atoms with Gasteiger partial charge in [-0.1, -0.05) is 6.42 Å². The normalized spacial score (nSPS) is 30.7. The van der Waals surface area contributed by atoms with Crippen molar-refractivity contribution in [1.82, 2.24) is 10.2 Å². The molecule has 2 aliphatic rings. The zero-order valence-corrected chi connectivity index (χ0v) is 12.4. The highest BCUT2D eigenvalue weighted by Gasteiger charge is 2.32. The minimum absolute atomic E-state index is 0.298. The van der Waals surface area contributed by atoms with Crippen LogP contribution in [-0.4, -0.2) is 49.7 Å². The molecule has 1 atom stereocenters. The largest absolute Gasteiger partial charge is 0.378 e. The Bertz CT molecular complexity index is 284. The van der Waals surface area contributed by atoms with Gasteiger partial charge in [0.1, 0.15) is 0 Å². The third-order valence-corrected chi connectivity index (χ3v) is 4.39. The Hall–Kier alpha value is -0.610. The predicted molar refractivity (Wildman–Crippen MR) is 76.0 cm³/mol. The Morgan fingerprint density at radius 2 is 2.16 bits per heavy atom. The maximum atomic E-state index is 12.1. The summed E-state index contributed by atoms with van der Waals surface area (Å²) in [7, 11) is 1.94. The Morgan fingerprint density at radius 1 is 1.37 bits per heavy atom. The van der Waals surface area contributed by atoms with Gasteiger partial charge >= 0.3 is 0 Å². The summed E-state index contributed by atoms with van der Waals surface area (Å²) in [6.07, 6.45) is 7.01. The van der Waals surface area contributed by atoms with Crippen LogP contribution in [0.25, 0.3) is 0 Å². The first-order chi connectivity index (χ1) is 9.19. The summed E-state index contributed by atoms with van der Waals surface area (Å²) in [6.45, 7) is 4.79. The van der Waals surface area contributed by atoms with Crippen molar-refractivity contribution in [2.24, 2.45) is 5.92 Å². The van der Waals surface area contributed by atoms with Gasteiger partial charge in [0.15, 0.2) is 0 Å². The summed E-state index contributed by atoms with van der Waals surface area (Å²) in [5.74, 6) is 0.845. The van der Waals surface area contributed by atoms with Crippen molar-refractivity contribution in [3.8, 4) is 0 Å². The molecule has 1 aliphatic heterocycles. The van der Waals surface area contributed by atoms with Crippen molar-refractivity contribution in [2.75, 3.05) is 26.7 Å². The van der Waals surface area contributed by atoms with Gasteiger partial charge in [-0.05, 0) is 45.1 Å². The molecule has 1 N–H and O–H groups in total. The zero-order chi connectivity index (χ0) is 13.7. The number of carbonyl (C=O) groups excluding carboxylic acids is 1. The number of nitrogens with one attached hydrogen (secondary N) is 1. The lowest BCUT2D eigenvalue weighted by Crippen LogP contribution is -2.45. The van der Waals surface area contributed by atoms with E-state index in [0.717, 1.165) is 32.5 Å². The summed E-state index contributed by atoms with van der Waals surface area (Å²) < 4.78 is 5.54. The molecule has 0 aromatic carbocycles. The van der Waals surface area contributed by atoms with E-state index in [1.165, 1.54) is 19.3 Å². The highest BCUT2D eigenvalue weighted by atomic mass is 16.5. The Labute approximate surface area is 116 Å². The summed E-state index contributed by atoms with van der Waals surface area (Å²) in [6, 6.07) is 0.500. The number of hydrogen-bond donors (Lipinski definition) is 1. The second kappa shape index (κ2) is 7.25. The van der Waals surface area contributed by atoms with Crippen LogP contribution < -0.4 is 5.32 Å². The predicted octanol–water partition coefficient (Wildman–Crippen LogP) is 1.79. The van der Waals surface area contributed by atoms with Crippen LogP contribution in [0.4, 0.5) is 0 Å². The molecule has 0 radical (unpaired) electrons. The van der Waals surface area contributed by atoms with Gasteiger partial charge in [0.05, 0.1) is 6.10 Å². The molecular weight excluding hydrogens is 240 g/mol. The first-order valence-electron chi connectivity index (χ1n) is 7.78. The van der Waals surface area contributed by atoms with Crippen LogP contribution in [0.3, 0.4) is 0 Å². The third-order valence-electron chi connectivity index (χ3n) is 4.39. The molecule has 4 heteroatoms. The summed E-state index contributed by atoms with van der Waals surface area (Å²) >= 11 is 0. The summed E-state index contributed by atoms with van der Waals surface area (Å²) in [5.41, 5.74) is 0. The van der Waals surface area contributed by atoms with Crippen molar-refractivity contribution < 1.29 is 9.53 Å². The number of piperidine rings is 1. The quantitative estimate of drug-likeness (QED) is 0.798. The Kier molecular flexibility index (Phi) is 5.64. The molecule has 1 heterocycles. The molecule has 0 aromatic heterocycles. The molecule has 1 saturated carbocycles. The number of amides is 1. The highest BCUT2D eigenvalue weighted by molar-refractivity contribution is 5.76. The second-order valence-electron chi connectivity index (χ2n) is 6.04. The van der Waals surface area contributed by atoms with Gasteiger partial charge in [0.2, 0.25) is 5.91 Å². The van der Waals surface area contributed by atoms with E-state index < -0.39 is 0 Å². The SMILES string of the molecule is CCOC1CC(CC(=O)N(C)CC2CCCCN2)C1. The van der Waals surface area contributed by atoms with Crippen LogP contribution in [0, 0.1) is 5.92 Å². The van der Waals surface area contributed by atoms with E-state index in [1.807, 2.05) is 18.9 Å². The molecule has 1 saturated heterocycles. The van der Waals surface area contributed by atoms with Crippen LogP contribution in [0.2, 0.25) is 0 Å². The van der Waals surface area contributed by atoms with Crippen LogP contribution in [0.15, 0.2) is 0 Å². The van der Waals surface area contributed by atoms with Gasteiger partial charge in [-0.3, -0.25) is 4.79 Å². The molecule has 0 aromatic rings. The molecule has 19 heavy (non-hydrogen) atoms. The lowest BCUT2D eigenvalue weighted by Gasteiger charge is -2.36. The van der Waals surface area contributed by atoms with E-state index in [1.54, 1.807) is 0 Å². The average molecular weight is 268 g/mol. The smallest absolute Gasteiger partial charge is 0.222 e. The lowest BCUT2D eigenvalue weighted by atomic mass is 9.79. The Balaban J connectivity index is 1.62. The number of ether oxygens (including phenoxy) is 1. The van der Waals surface area contributed by atoms with E-state index in [2.05, 4.69) is 5.32 Å². The summed E-state index contributed by atoms with van der Waals surface area (Å²) in [4.78, 5) is 14.1. The fourth-order valence-electron chi connectivity index (χ4n) is 3.13.